The van der Waals surface area contributed by atoms with E-state index in [1.165, 1.54) is 32.6 Å². The molecule has 0 aliphatic carbocycles. The number of hydrogen-bond acceptors (Lipinski definition) is 2. The fourth-order valence-electron chi connectivity index (χ4n) is 2.53. The summed E-state index contributed by atoms with van der Waals surface area (Å²) in [7, 11) is 0. The molecule has 1 aromatic carbocycles. The highest BCUT2D eigenvalue weighted by Crippen LogP contribution is 2.16. The number of nitrogens with zero attached hydrogens (tertiary/aromatic N) is 1. The van der Waals surface area contributed by atoms with E-state index in [1.807, 2.05) is 30.3 Å². The lowest BCUT2D eigenvalue weighted by Gasteiger charge is -2.05. The van der Waals surface area contributed by atoms with Gasteiger partial charge < -0.3 is 0 Å². The van der Waals surface area contributed by atoms with Crippen molar-refractivity contribution in [2.75, 3.05) is 0 Å². The summed E-state index contributed by atoms with van der Waals surface area (Å²) in [6.45, 7) is 8.39. The van der Waals surface area contributed by atoms with Crippen molar-refractivity contribution >= 4 is 16.6 Å². The predicted octanol–water partition coefficient (Wildman–Crippen LogP) is 5.66. The van der Waals surface area contributed by atoms with Crippen molar-refractivity contribution in [2.45, 2.75) is 53.4 Å². The van der Waals surface area contributed by atoms with Crippen LogP contribution in [-0.4, -0.2) is 10.8 Å². The zero-order valence-electron chi connectivity index (χ0n) is 13.7. The van der Waals surface area contributed by atoms with Crippen LogP contribution in [0.1, 0.15) is 63.9 Å². The van der Waals surface area contributed by atoms with E-state index >= 15 is 0 Å². The first-order chi connectivity index (χ1) is 10.1. The third-order valence-corrected chi connectivity index (χ3v) is 3.57. The van der Waals surface area contributed by atoms with Crippen LogP contribution in [0.5, 0.6) is 0 Å². The minimum absolute atomic E-state index is 0.0109. The van der Waals surface area contributed by atoms with E-state index in [4.69, 9.17) is 0 Å². The molecule has 0 bridgehead atoms. The second kappa shape index (κ2) is 9.28. The topological polar surface area (TPSA) is 30.0 Å². The van der Waals surface area contributed by atoms with E-state index in [1.54, 1.807) is 6.20 Å². The third-order valence-electron chi connectivity index (χ3n) is 3.57. The van der Waals surface area contributed by atoms with Crippen molar-refractivity contribution in [2.24, 2.45) is 5.92 Å². The molecule has 114 valence electrons. The van der Waals surface area contributed by atoms with Gasteiger partial charge in [0.15, 0.2) is 5.78 Å². The molecular weight excluding hydrogens is 258 g/mol. The highest BCUT2D eigenvalue weighted by molar-refractivity contribution is 6.04. The predicted molar refractivity (Wildman–Crippen MR) is 90.7 cm³/mol. The molecule has 0 radical (unpaired) electrons. The van der Waals surface area contributed by atoms with Gasteiger partial charge in [-0.05, 0) is 17.4 Å². The number of ketones is 1. The largest absolute Gasteiger partial charge is 0.293 e. The molecule has 0 atom stereocenters. The third kappa shape index (κ3) is 5.66. The summed E-state index contributed by atoms with van der Waals surface area (Å²) in [5.41, 5.74) is 0.554. The first-order valence-electron chi connectivity index (χ1n) is 7.94. The van der Waals surface area contributed by atoms with Crippen LogP contribution in [0.3, 0.4) is 0 Å². The van der Waals surface area contributed by atoms with E-state index in [2.05, 4.69) is 25.8 Å². The second-order valence-corrected chi connectivity index (χ2v) is 5.62. The highest BCUT2D eigenvalue weighted by Gasteiger charge is 2.04. The Kier molecular flexibility index (Phi) is 7.66. The number of aromatic nitrogens is 1. The van der Waals surface area contributed by atoms with Gasteiger partial charge in [-0.15, -0.1) is 0 Å². The lowest BCUT2D eigenvalue weighted by Crippen LogP contribution is -1.96. The number of rotatable bonds is 5. The minimum atomic E-state index is 0.0109. The van der Waals surface area contributed by atoms with E-state index in [0.29, 0.717) is 5.69 Å². The summed E-state index contributed by atoms with van der Waals surface area (Å²) in [6.07, 6.45) is 7.18. The summed E-state index contributed by atoms with van der Waals surface area (Å²) < 4.78 is 0. The SMILES string of the molecule is CC(=O)c1nccc2ccccc12.CCCC(C)CCC. The molecule has 0 spiro atoms. The van der Waals surface area contributed by atoms with Crippen LogP contribution in [0.25, 0.3) is 10.8 Å². The van der Waals surface area contributed by atoms with Crippen LogP contribution < -0.4 is 0 Å². The normalized spacial score (nSPS) is 10.3. The Bertz CT molecular complexity index is 551. The molecule has 1 heterocycles. The smallest absolute Gasteiger partial charge is 0.178 e. The first kappa shape index (κ1) is 17.4. The Morgan fingerprint density at radius 1 is 1.10 bits per heavy atom. The Balaban J connectivity index is 0.000000240. The lowest BCUT2D eigenvalue weighted by atomic mass is 10.0. The van der Waals surface area contributed by atoms with Crippen molar-refractivity contribution in [1.82, 2.24) is 4.98 Å². The summed E-state index contributed by atoms with van der Waals surface area (Å²) in [6, 6.07) is 9.66. The monoisotopic (exact) mass is 285 g/mol. The van der Waals surface area contributed by atoms with Crippen molar-refractivity contribution < 1.29 is 4.79 Å². The zero-order chi connectivity index (χ0) is 15.7. The van der Waals surface area contributed by atoms with Crippen molar-refractivity contribution in [3.05, 3.63) is 42.2 Å². The number of carbonyl (C=O) groups is 1. The van der Waals surface area contributed by atoms with Gasteiger partial charge in [-0.25, -0.2) is 0 Å². The minimum Gasteiger partial charge on any atom is -0.293 e. The second-order valence-electron chi connectivity index (χ2n) is 5.62. The van der Waals surface area contributed by atoms with Crippen molar-refractivity contribution in [3.8, 4) is 0 Å². The average Bonchev–Trinajstić information content (AvgIpc) is 2.48. The van der Waals surface area contributed by atoms with Crippen LogP contribution in [0.15, 0.2) is 36.5 Å². The molecule has 0 unspecified atom stereocenters. The maximum atomic E-state index is 11.2. The molecule has 2 nitrogen and oxygen atoms in total. The molecule has 0 aliphatic heterocycles. The van der Waals surface area contributed by atoms with Crippen LogP contribution >= 0.6 is 0 Å². The molecular formula is C19H27NO. The number of carbonyl (C=O) groups excluding carboxylic acids is 1. The van der Waals surface area contributed by atoms with Gasteiger partial charge >= 0.3 is 0 Å². The summed E-state index contributed by atoms with van der Waals surface area (Å²) in [4.78, 5) is 15.3. The number of hydrogen-bond donors (Lipinski definition) is 0. The van der Waals surface area contributed by atoms with Gasteiger partial charge in [0.2, 0.25) is 0 Å². The number of benzene rings is 1. The highest BCUT2D eigenvalue weighted by atomic mass is 16.1. The summed E-state index contributed by atoms with van der Waals surface area (Å²) in [5.74, 6) is 0.974. The van der Waals surface area contributed by atoms with Gasteiger partial charge in [-0.2, -0.15) is 0 Å². The van der Waals surface area contributed by atoms with Crippen molar-refractivity contribution in [1.29, 1.82) is 0 Å². The number of fused-ring (bicyclic) bond motifs is 1. The maximum Gasteiger partial charge on any atom is 0.178 e. The molecule has 2 aromatic rings. The molecule has 0 saturated carbocycles. The Morgan fingerprint density at radius 2 is 1.71 bits per heavy atom. The molecule has 0 amide bonds. The van der Waals surface area contributed by atoms with Crippen molar-refractivity contribution in [3.63, 3.8) is 0 Å². The maximum absolute atomic E-state index is 11.2. The first-order valence-corrected chi connectivity index (χ1v) is 7.94. The zero-order valence-corrected chi connectivity index (χ0v) is 13.7. The lowest BCUT2D eigenvalue weighted by molar-refractivity contribution is 0.101. The standard InChI is InChI=1S/C11H9NO.C8H18/c1-8(13)11-10-5-3-2-4-9(10)6-7-12-11;1-4-6-8(3)7-5-2/h2-7H,1H3;8H,4-7H2,1-3H3. The molecule has 0 N–H and O–H groups in total. The van der Waals surface area contributed by atoms with Gasteiger partial charge in [0.1, 0.15) is 5.69 Å². The van der Waals surface area contributed by atoms with E-state index < -0.39 is 0 Å². The fourth-order valence-corrected chi connectivity index (χ4v) is 2.53. The van der Waals surface area contributed by atoms with Crippen LogP contribution in [0.2, 0.25) is 0 Å². The Hall–Kier alpha value is -1.70. The fraction of sp³-hybridized carbons (Fsp3) is 0.474. The quantitative estimate of drug-likeness (QED) is 0.663. The van der Waals surface area contributed by atoms with Gasteiger partial charge in [-0.1, -0.05) is 70.7 Å². The molecule has 2 heteroatoms. The van der Waals surface area contributed by atoms with E-state index in [0.717, 1.165) is 16.7 Å². The van der Waals surface area contributed by atoms with Gasteiger partial charge in [0.25, 0.3) is 0 Å². The number of Topliss-reactive ketones (excluding diaryl/α,β-unsaturated/α-hetero) is 1. The summed E-state index contributed by atoms with van der Waals surface area (Å²) in [5, 5.41) is 1.99. The molecule has 0 fully saturated rings. The van der Waals surface area contributed by atoms with Crippen LogP contribution in [-0.2, 0) is 0 Å². The number of pyridine rings is 1. The van der Waals surface area contributed by atoms with Crippen LogP contribution in [0, 0.1) is 5.92 Å². The van der Waals surface area contributed by atoms with E-state index in [-0.39, 0.29) is 5.78 Å². The molecule has 0 aliphatic rings. The average molecular weight is 285 g/mol. The van der Waals surface area contributed by atoms with Gasteiger partial charge in [-0.3, -0.25) is 9.78 Å². The molecule has 0 saturated heterocycles. The molecule has 2 rings (SSSR count). The molecule has 1 aromatic heterocycles. The Morgan fingerprint density at radius 3 is 2.29 bits per heavy atom. The van der Waals surface area contributed by atoms with Crippen LogP contribution in [0.4, 0.5) is 0 Å². The molecule has 21 heavy (non-hydrogen) atoms. The van der Waals surface area contributed by atoms with Gasteiger partial charge in [0, 0.05) is 18.5 Å². The van der Waals surface area contributed by atoms with Gasteiger partial charge in [0.05, 0.1) is 0 Å². The Labute approximate surface area is 128 Å². The van der Waals surface area contributed by atoms with E-state index in [9.17, 15) is 4.79 Å². The summed E-state index contributed by atoms with van der Waals surface area (Å²) >= 11 is 0.